The van der Waals surface area contributed by atoms with Crippen LogP contribution in [0.4, 0.5) is 5.69 Å². The van der Waals surface area contributed by atoms with Crippen LogP contribution in [0.3, 0.4) is 0 Å². The van der Waals surface area contributed by atoms with Crippen molar-refractivity contribution in [1.82, 2.24) is 0 Å². The third-order valence-electron chi connectivity index (χ3n) is 3.75. The number of esters is 3. The van der Waals surface area contributed by atoms with Gasteiger partial charge in [-0.25, -0.2) is 22.8 Å². The van der Waals surface area contributed by atoms with Gasteiger partial charge in [0.05, 0.1) is 37.5 Å². The normalized spacial score (nSPS) is 10.7. The fourth-order valence-electron chi connectivity index (χ4n) is 2.37. The maximum Gasteiger partial charge on any atom is 0.339 e. The zero-order valence-electron chi connectivity index (χ0n) is 15.9. The first-order valence-corrected chi connectivity index (χ1v) is 9.82. The summed E-state index contributed by atoms with van der Waals surface area (Å²) in [4.78, 5) is 35.0. The van der Waals surface area contributed by atoms with Crippen molar-refractivity contribution in [3.05, 3.63) is 59.2 Å². The van der Waals surface area contributed by atoms with Crippen LogP contribution in [0.15, 0.2) is 47.4 Å². The van der Waals surface area contributed by atoms with E-state index in [-0.39, 0.29) is 29.0 Å². The van der Waals surface area contributed by atoms with Crippen molar-refractivity contribution >= 4 is 33.6 Å². The van der Waals surface area contributed by atoms with Gasteiger partial charge in [-0.05, 0) is 49.4 Å². The Labute approximate surface area is 167 Å². The van der Waals surface area contributed by atoms with Crippen LogP contribution in [0, 0.1) is 0 Å². The predicted octanol–water partition coefficient (Wildman–Crippen LogP) is 2.24. The van der Waals surface area contributed by atoms with E-state index < -0.39 is 32.8 Å². The second-order valence-corrected chi connectivity index (χ2v) is 7.25. The molecule has 1 N–H and O–H groups in total. The van der Waals surface area contributed by atoms with Crippen LogP contribution in [0.5, 0.6) is 0 Å². The van der Waals surface area contributed by atoms with E-state index >= 15 is 0 Å². The molecule has 0 aliphatic carbocycles. The van der Waals surface area contributed by atoms with Gasteiger partial charge in [-0.1, -0.05) is 0 Å². The number of carbonyl (C=O) groups excluding carboxylic acids is 3. The summed E-state index contributed by atoms with van der Waals surface area (Å²) in [5, 5.41) is 0. The summed E-state index contributed by atoms with van der Waals surface area (Å²) in [5.41, 5.74) is 0.0732. The molecule has 29 heavy (non-hydrogen) atoms. The highest BCUT2D eigenvalue weighted by molar-refractivity contribution is 7.92. The van der Waals surface area contributed by atoms with Crippen molar-refractivity contribution in [3.8, 4) is 0 Å². The molecule has 0 radical (unpaired) electrons. The lowest BCUT2D eigenvalue weighted by Gasteiger charge is -2.13. The third kappa shape index (κ3) is 5.11. The molecule has 9 nitrogen and oxygen atoms in total. The Morgan fingerprint density at radius 1 is 0.862 bits per heavy atom. The zero-order chi connectivity index (χ0) is 21.6. The summed E-state index contributed by atoms with van der Waals surface area (Å²) in [6.07, 6.45) is 0. The molecule has 0 saturated carbocycles. The lowest BCUT2D eigenvalue weighted by atomic mass is 10.1. The molecule has 0 aromatic heterocycles. The van der Waals surface area contributed by atoms with Gasteiger partial charge in [0.15, 0.2) is 0 Å². The lowest BCUT2D eigenvalue weighted by molar-refractivity contribution is 0.0524. The Bertz CT molecular complexity index is 1030. The van der Waals surface area contributed by atoms with Crippen LogP contribution in [0.25, 0.3) is 0 Å². The molecule has 0 atom stereocenters. The fourth-order valence-corrected chi connectivity index (χ4v) is 3.65. The van der Waals surface area contributed by atoms with Gasteiger partial charge < -0.3 is 14.2 Å². The Hall–Kier alpha value is -3.40. The molecule has 154 valence electrons. The number of carbonyl (C=O) groups is 3. The van der Waals surface area contributed by atoms with Crippen molar-refractivity contribution in [3.63, 3.8) is 0 Å². The minimum atomic E-state index is -4.28. The maximum absolute atomic E-state index is 12.9. The first-order valence-electron chi connectivity index (χ1n) is 8.34. The smallest absolute Gasteiger partial charge is 0.339 e. The Morgan fingerprint density at radius 3 is 2.00 bits per heavy atom. The lowest BCUT2D eigenvalue weighted by Crippen LogP contribution is -2.19. The SMILES string of the molecule is CCOC(=O)c1ccc(NS(=O)(=O)c2cc(C(=O)OC)ccc2C(=O)OC)cc1. The highest BCUT2D eigenvalue weighted by Crippen LogP contribution is 2.23. The van der Waals surface area contributed by atoms with Crippen LogP contribution in [-0.4, -0.2) is 47.2 Å². The first-order chi connectivity index (χ1) is 13.7. The van der Waals surface area contributed by atoms with Gasteiger partial charge in [0.2, 0.25) is 0 Å². The van der Waals surface area contributed by atoms with E-state index in [4.69, 9.17) is 4.74 Å². The third-order valence-corrected chi connectivity index (χ3v) is 5.17. The Morgan fingerprint density at radius 2 is 1.45 bits per heavy atom. The molecular formula is C19H19NO8S. The molecule has 0 fully saturated rings. The molecule has 0 saturated heterocycles. The summed E-state index contributed by atoms with van der Waals surface area (Å²) >= 11 is 0. The number of ether oxygens (including phenoxy) is 3. The predicted molar refractivity (Wildman–Crippen MR) is 102 cm³/mol. The molecular weight excluding hydrogens is 402 g/mol. The number of sulfonamides is 1. The van der Waals surface area contributed by atoms with Gasteiger partial charge in [-0.2, -0.15) is 0 Å². The molecule has 0 unspecified atom stereocenters. The van der Waals surface area contributed by atoms with Crippen molar-refractivity contribution in [2.75, 3.05) is 25.5 Å². The second-order valence-electron chi connectivity index (χ2n) is 5.60. The molecule has 0 bridgehead atoms. The van der Waals surface area contributed by atoms with Crippen LogP contribution in [0.2, 0.25) is 0 Å². The van der Waals surface area contributed by atoms with Crippen molar-refractivity contribution in [1.29, 1.82) is 0 Å². The van der Waals surface area contributed by atoms with E-state index in [1.807, 2.05) is 0 Å². The molecule has 2 rings (SSSR count). The molecule has 2 aromatic carbocycles. The van der Waals surface area contributed by atoms with Gasteiger partial charge in [-0.15, -0.1) is 0 Å². The number of nitrogens with one attached hydrogen (secondary N) is 1. The number of rotatable bonds is 7. The summed E-state index contributed by atoms with van der Waals surface area (Å²) in [6.45, 7) is 1.88. The van der Waals surface area contributed by atoms with Gasteiger partial charge in [0.1, 0.15) is 4.90 Å². The quantitative estimate of drug-likeness (QED) is 0.533. The van der Waals surface area contributed by atoms with E-state index in [9.17, 15) is 22.8 Å². The Balaban J connectivity index is 2.42. The van der Waals surface area contributed by atoms with Crippen LogP contribution in [-0.2, 0) is 24.2 Å². The highest BCUT2D eigenvalue weighted by atomic mass is 32.2. The summed E-state index contributed by atoms with van der Waals surface area (Å²) < 4.78 is 42.1. The summed E-state index contributed by atoms with van der Waals surface area (Å²) in [5.74, 6) is -2.20. The Kier molecular flexibility index (Phi) is 6.94. The number of anilines is 1. The number of hydrogen-bond acceptors (Lipinski definition) is 8. The summed E-state index contributed by atoms with van der Waals surface area (Å²) in [7, 11) is -2.03. The zero-order valence-corrected chi connectivity index (χ0v) is 16.7. The van der Waals surface area contributed by atoms with Crippen LogP contribution in [0.1, 0.15) is 38.0 Å². The molecule has 0 aliphatic rings. The molecule has 0 spiro atoms. The second kappa shape index (κ2) is 9.20. The van der Waals surface area contributed by atoms with Gasteiger partial charge in [0.25, 0.3) is 10.0 Å². The monoisotopic (exact) mass is 421 g/mol. The van der Waals surface area contributed by atoms with Crippen molar-refractivity contribution in [2.45, 2.75) is 11.8 Å². The number of benzene rings is 2. The van der Waals surface area contributed by atoms with Gasteiger partial charge in [-0.3, -0.25) is 4.72 Å². The molecule has 2 aromatic rings. The highest BCUT2D eigenvalue weighted by Gasteiger charge is 2.25. The minimum absolute atomic E-state index is 0.0572. The van der Waals surface area contributed by atoms with E-state index in [0.717, 1.165) is 26.4 Å². The topological polar surface area (TPSA) is 125 Å². The standard InChI is InChI=1S/C19H19NO8S/c1-4-28-18(22)12-5-8-14(9-6-12)20-29(24,25)16-11-13(17(21)26-2)7-10-15(16)19(23)27-3/h5-11,20H,4H2,1-3H3. The molecule has 0 aliphatic heterocycles. The average Bonchev–Trinajstić information content (AvgIpc) is 2.72. The van der Waals surface area contributed by atoms with E-state index in [1.165, 1.54) is 30.3 Å². The maximum atomic E-state index is 12.9. The number of hydrogen-bond donors (Lipinski definition) is 1. The molecule has 0 amide bonds. The van der Waals surface area contributed by atoms with Crippen LogP contribution < -0.4 is 4.72 Å². The largest absolute Gasteiger partial charge is 0.465 e. The van der Waals surface area contributed by atoms with Crippen molar-refractivity contribution in [2.24, 2.45) is 0 Å². The van der Waals surface area contributed by atoms with Crippen molar-refractivity contribution < 1.29 is 37.0 Å². The molecule has 0 heterocycles. The van der Waals surface area contributed by atoms with E-state index in [0.29, 0.717) is 0 Å². The molecule has 10 heteroatoms. The minimum Gasteiger partial charge on any atom is -0.465 e. The summed E-state index contributed by atoms with van der Waals surface area (Å²) in [6, 6.07) is 8.95. The van der Waals surface area contributed by atoms with E-state index in [1.54, 1.807) is 6.92 Å². The average molecular weight is 421 g/mol. The van der Waals surface area contributed by atoms with Gasteiger partial charge in [0, 0.05) is 5.69 Å². The number of methoxy groups -OCH3 is 2. The van der Waals surface area contributed by atoms with Crippen LogP contribution >= 0.6 is 0 Å². The first kappa shape index (κ1) is 21.9. The fraction of sp³-hybridized carbons (Fsp3) is 0.211. The van der Waals surface area contributed by atoms with Gasteiger partial charge >= 0.3 is 17.9 Å². The van der Waals surface area contributed by atoms with E-state index in [2.05, 4.69) is 14.2 Å².